The van der Waals surface area contributed by atoms with Crippen molar-refractivity contribution in [2.24, 2.45) is 0 Å². The monoisotopic (exact) mass is 497 g/mol. The van der Waals surface area contributed by atoms with Crippen LogP contribution in [-0.4, -0.2) is 64.7 Å². The summed E-state index contributed by atoms with van der Waals surface area (Å²) in [7, 11) is 3.19. The van der Waals surface area contributed by atoms with Crippen LogP contribution in [0.5, 0.6) is 11.5 Å². The quantitative estimate of drug-likeness (QED) is 0.579. The van der Waals surface area contributed by atoms with Crippen LogP contribution in [0.4, 0.5) is 0 Å². The predicted molar refractivity (Wildman–Crippen MR) is 133 cm³/mol. The molecule has 2 aliphatic rings. The summed E-state index contributed by atoms with van der Waals surface area (Å²) in [6, 6.07) is 7.06. The number of carbonyl (C=O) groups excluding carboxylic acids is 3. The second kappa shape index (κ2) is 10.6. The molecule has 2 heterocycles. The number of hydrogen-bond donors (Lipinski definition) is 2. The molecule has 10 heteroatoms. The van der Waals surface area contributed by atoms with E-state index in [2.05, 4.69) is 15.7 Å². The highest BCUT2D eigenvalue weighted by molar-refractivity contribution is 6.01. The number of likely N-dealkylation sites (N-methyl/N-ethyl adjacent to an activating group) is 1. The van der Waals surface area contributed by atoms with E-state index < -0.39 is 11.4 Å². The van der Waals surface area contributed by atoms with Gasteiger partial charge < -0.3 is 25.0 Å². The summed E-state index contributed by atoms with van der Waals surface area (Å²) < 4.78 is 12.4. The standard InChI is InChI=1S/C26H35N5O5/c1-5-36-21-12-11-17(13-22(21)35-4)15-27-23(32)19-14-20-24(33)30(3)26(2,16-31(20)29-19)25(34)28-18-9-7-6-8-10-18/h11-14,18H,5-10,15-16H2,1-4H3,(H,27,32)(H,28,34)/t26-/m1/s1. The normalized spacial score (nSPS) is 20.0. The molecule has 1 aliphatic heterocycles. The minimum absolute atomic E-state index is 0.126. The first kappa shape index (κ1) is 25.5. The largest absolute Gasteiger partial charge is 0.493 e. The van der Waals surface area contributed by atoms with Gasteiger partial charge in [-0.15, -0.1) is 0 Å². The minimum atomic E-state index is -1.10. The van der Waals surface area contributed by atoms with E-state index in [4.69, 9.17) is 9.47 Å². The van der Waals surface area contributed by atoms with Gasteiger partial charge in [0.05, 0.1) is 20.3 Å². The van der Waals surface area contributed by atoms with Gasteiger partial charge in [0.15, 0.2) is 17.2 Å². The lowest BCUT2D eigenvalue weighted by Gasteiger charge is -2.41. The number of methoxy groups -OCH3 is 1. The number of amides is 3. The number of nitrogens with one attached hydrogen (secondary N) is 2. The Hall–Kier alpha value is -3.56. The van der Waals surface area contributed by atoms with Crippen molar-refractivity contribution in [3.05, 3.63) is 41.2 Å². The smallest absolute Gasteiger partial charge is 0.272 e. The number of nitrogens with zero attached hydrogens (tertiary/aromatic N) is 3. The fourth-order valence-electron chi connectivity index (χ4n) is 4.80. The van der Waals surface area contributed by atoms with Crippen LogP contribution in [-0.2, 0) is 17.9 Å². The van der Waals surface area contributed by atoms with Crippen molar-refractivity contribution in [2.75, 3.05) is 20.8 Å². The highest BCUT2D eigenvalue weighted by Gasteiger charge is 2.46. The van der Waals surface area contributed by atoms with E-state index in [1.54, 1.807) is 33.2 Å². The van der Waals surface area contributed by atoms with Crippen molar-refractivity contribution in [3.63, 3.8) is 0 Å². The second-order valence-corrected chi connectivity index (χ2v) is 9.62. The highest BCUT2D eigenvalue weighted by atomic mass is 16.5. The van der Waals surface area contributed by atoms with E-state index in [0.717, 1.165) is 31.2 Å². The zero-order valence-corrected chi connectivity index (χ0v) is 21.4. The van der Waals surface area contributed by atoms with Crippen LogP contribution in [0.3, 0.4) is 0 Å². The van der Waals surface area contributed by atoms with Crippen molar-refractivity contribution in [1.29, 1.82) is 0 Å². The molecule has 0 spiro atoms. The summed E-state index contributed by atoms with van der Waals surface area (Å²) in [6.07, 6.45) is 5.30. The molecule has 3 amide bonds. The average Bonchev–Trinajstić information content (AvgIpc) is 3.31. The highest BCUT2D eigenvalue weighted by Crippen LogP contribution is 2.29. The van der Waals surface area contributed by atoms with Crippen molar-refractivity contribution in [2.45, 2.75) is 70.6 Å². The fourth-order valence-corrected chi connectivity index (χ4v) is 4.80. The van der Waals surface area contributed by atoms with Crippen LogP contribution < -0.4 is 20.1 Å². The number of ether oxygens (including phenoxy) is 2. The van der Waals surface area contributed by atoms with Gasteiger partial charge >= 0.3 is 0 Å². The van der Waals surface area contributed by atoms with E-state index in [-0.39, 0.29) is 42.3 Å². The van der Waals surface area contributed by atoms with Gasteiger partial charge in [0.25, 0.3) is 11.8 Å². The number of hydrogen-bond acceptors (Lipinski definition) is 6. The number of benzene rings is 1. The summed E-state index contributed by atoms with van der Waals surface area (Å²) in [6.45, 7) is 4.58. The van der Waals surface area contributed by atoms with Crippen LogP contribution in [0, 0.1) is 0 Å². The van der Waals surface area contributed by atoms with Gasteiger partial charge in [-0.2, -0.15) is 5.10 Å². The Labute approximate surface area is 211 Å². The molecule has 4 rings (SSSR count). The Kier molecular flexibility index (Phi) is 7.51. The molecule has 1 aliphatic carbocycles. The molecule has 1 aromatic heterocycles. The maximum atomic E-state index is 13.2. The van der Waals surface area contributed by atoms with Crippen molar-refractivity contribution >= 4 is 17.7 Å². The third-order valence-electron chi connectivity index (χ3n) is 7.14. The summed E-state index contributed by atoms with van der Waals surface area (Å²) in [5.74, 6) is 0.274. The van der Waals surface area contributed by atoms with Gasteiger partial charge in [0, 0.05) is 25.7 Å². The molecule has 1 atom stereocenters. The number of rotatable bonds is 8. The van der Waals surface area contributed by atoms with E-state index in [9.17, 15) is 14.4 Å². The van der Waals surface area contributed by atoms with Crippen LogP contribution in [0.25, 0.3) is 0 Å². The average molecular weight is 498 g/mol. The van der Waals surface area contributed by atoms with Crippen molar-refractivity contribution < 1.29 is 23.9 Å². The minimum Gasteiger partial charge on any atom is -0.493 e. The Balaban J connectivity index is 1.45. The first-order chi connectivity index (χ1) is 17.3. The maximum absolute atomic E-state index is 13.2. The molecule has 1 aromatic carbocycles. The molecule has 2 N–H and O–H groups in total. The molecular weight excluding hydrogens is 462 g/mol. The van der Waals surface area contributed by atoms with Crippen LogP contribution >= 0.6 is 0 Å². The lowest BCUT2D eigenvalue weighted by Crippen LogP contribution is -2.63. The van der Waals surface area contributed by atoms with E-state index in [0.29, 0.717) is 18.1 Å². The fraction of sp³-hybridized carbons (Fsp3) is 0.538. The molecule has 0 radical (unpaired) electrons. The van der Waals surface area contributed by atoms with Crippen molar-refractivity contribution in [3.8, 4) is 11.5 Å². The Bertz CT molecular complexity index is 1140. The number of aromatic nitrogens is 2. The molecule has 0 bridgehead atoms. The molecule has 1 saturated carbocycles. The van der Waals surface area contributed by atoms with Crippen molar-refractivity contribution in [1.82, 2.24) is 25.3 Å². The first-order valence-electron chi connectivity index (χ1n) is 12.5. The second-order valence-electron chi connectivity index (χ2n) is 9.62. The van der Waals surface area contributed by atoms with Crippen LogP contribution in [0.1, 0.15) is 72.5 Å². The molecule has 0 unspecified atom stereocenters. The van der Waals surface area contributed by atoms with Gasteiger partial charge in [0.2, 0.25) is 5.91 Å². The molecule has 0 saturated heterocycles. The molecule has 194 valence electrons. The lowest BCUT2D eigenvalue weighted by molar-refractivity contribution is -0.133. The third-order valence-corrected chi connectivity index (χ3v) is 7.14. The van der Waals surface area contributed by atoms with Gasteiger partial charge in [-0.25, -0.2) is 0 Å². The molecule has 1 fully saturated rings. The molecule has 2 aromatic rings. The van der Waals surface area contributed by atoms with Gasteiger partial charge in [-0.3, -0.25) is 19.1 Å². The predicted octanol–water partition coefficient (Wildman–Crippen LogP) is 2.51. The van der Waals surface area contributed by atoms with E-state index in [1.807, 2.05) is 13.0 Å². The Morgan fingerprint density at radius 1 is 1.17 bits per heavy atom. The Morgan fingerprint density at radius 3 is 2.61 bits per heavy atom. The number of carbonyl (C=O) groups is 3. The van der Waals surface area contributed by atoms with E-state index in [1.165, 1.54) is 22.1 Å². The molecule has 10 nitrogen and oxygen atoms in total. The van der Waals surface area contributed by atoms with Crippen LogP contribution in [0.15, 0.2) is 24.3 Å². The summed E-state index contributed by atoms with van der Waals surface area (Å²) in [5, 5.41) is 10.3. The SMILES string of the molecule is CCOc1ccc(CNC(=O)c2cc3n(n2)C[C@](C)(C(=O)NC2CCCCC2)N(C)C3=O)cc1OC. The van der Waals surface area contributed by atoms with Gasteiger partial charge in [-0.1, -0.05) is 25.3 Å². The van der Waals surface area contributed by atoms with Gasteiger partial charge in [0.1, 0.15) is 11.2 Å². The zero-order valence-electron chi connectivity index (χ0n) is 21.4. The Morgan fingerprint density at radius 2 is 1.92 bits per heavy atom. The molecular formula is C26H35N5O5. The van der Waals surface area contributed by atoms with Crippen LogP contribution in [0.2, 0.25) is 0 Å². The first-order valence-corrected chi connectivity index (χ1v) is 12.5. The zero-order chi connectivity index (χ0) is 25.9. The summed E-state index contributed by atoms with van der Waals surface area (Å²) >= 11 is 0. The van der Waals surface area contributed by atoms with Gasteiger partial charge in [-0.05, 0) is 44.4 Å². The maximum Gasteiger partial charge on any atom is 0.272 e. The van der Waals surface area contributed by atoms with E-state index >= 15 is 0 Å². The summed E-state index contributed by atoms with van der Waals surface area (Å²) in [4.78, 5) is 40.7. The topological polar surface area (TPSA) is 115 Å². The lowest BCUT2D eigenvalue weighted by atomic mass is 9.92. The molecule has 36 heavy (non-hydrogen) atoms. The summed E-state index contributed by atoms with van der Waals surface area (Å²) in [5.41, 5.74) is 0.144. The number of fused-ring (bicyclic) bond motifs is 1. The third kappa shape index (κ3) is 5.03.